The highest BCUT2D eigenvalue weighted by atomic mass is 16.5. The standard InChI is InChI=1S/C12H19NO6/c1-17-10(14)7-13-5-4-8(11(15)18-2)6-9(13)12(16)19-3/h8-9H,4-7H2,1-3H3. The number of nitrogens with zero attached hydrogens (tertiary/aromatic N) is 1. The summed E-state index contributed by atoms with van der Waals surface area (Å²) in [6.07, 6.45) is 0.827. The predicted molar refractivity (Wildman–Crippen MR) is 64.1 cm³/mol. The largest absolute Gasteiger partial charge is 0.469 e. The van der Waals surface area contributed by atoms with Gasteiger partial charge in [0.25, 0.3) is 0 Å². The Morgan fingerprint density at radius 2 is 1.68 bits per heavy atom. The summed E-state index contributed by atoms with van der Waals surface area (Å²) in [5.41, 5.74) is 0. The minimum Gasteiger partial charge on any atom is -0.469 e. The van der Waals surface area contributed by atoms with Gasteiger partial charge in [0, 0.05) is 6.54 Å². The van der Waals surface area contributed by atoms with Gasteiger partial charge in [0.05, 0.1) is 33.8 Å². The molecule has 0 bridgehead atoms. The highest BCUT2D eigenvalue weighted by Gasteiger charge is 2.38. The van der Waals surface area contributed by atoms with Crippen LogP contribution < -0.4 is 0 Å². The van der Waals surface area contributed by atoms with E-state index >= 15 is 0 Å². The highest BCUT2D eigenvalue weighted by molar-refractivity contribution is 5.80. The third-order valence-corrected chi connectivity index (χ3v) is 3.28. The molecule has 0 saturated carbocycles. The molecule has 0 radical (unpaired) electrons. The van der Waals surface area contributed by atoms with Crippen molar-refractivity contribution >= 4 is 17.9 Å². The molecule has 1 saturated heterocycles. The van der Waals surface area contributed by atoms with Gasteiger partial charge in [0.1, 0.15) is 6.04 Å². The van der Waals surface area contributed by atoms with Gasteiger partial charge in [-0.2, -0.15) is 0 Å². The molecule has 7 nitrogen and oxygen atoms in total. The molecule has 0 aromatic carbocycles. The van der Waals surface area contributed by atoms with E-state index in [-0.39, 0.29) is 24.9 Å². The summed E-state index contributed by atoms with van der Waals surface area (Å²) in [6.45, 7) is 0.443. The Morgan fingerprint density at radius 1 is 1.05 bits per heavy atom. The molecule has 1 heterocycles. The SMILES string of the molecule is COC(=O)CN1CCC(C(=O)OC)CC1C(=O)OC. The van der Waals surface area contributed by atoms with E-state index in [1.54, 1.807) is 4.90 Å². The van der Waals surface area contributed by atoms with Crippen LogP contribution in [0.15, 0.2) is 0 Å². The Kier molecular flexibility index (Phi) is 5.75. The summed E-state index contributed by atoms with van der Waals surface area (Å²) in [5, 5.41) is 0. The average Bonchev–Trinajstić information content (AvgIpc) is 2.45. The van der Waals surface area contributed by atoms with E-state index in [2.05, 4.69) is 9.47 Å². The zero-order valence-corrected chi connectivity index (χ0v) is 11.4. The second-order valence-corrected chi connectivity index (χ2v) is 4.33. The second kappa shape index (κ2) is 7.08. The summed E-state index contributed by atoms with van der Waals surface area (Å²) in [7, 11) is 3.88. The van der Waals surface area contributed by atoms with E-state index in [1.807, 2.05) is 0 Å². The monoisotopic (exact) mass is 273 g/mol. The van der Waals surface area contributed by atoms with E-state index in [0.29, 0.717) is 13.0 Å². The normalized spacial score (nSPS) is 23.5. The van der Waals surface area contributed by atoms with Gasteiger partial charge in [-0.3, -0.25) is 19.3 Å². The third-order valence-electron chi connectivity index (χ3n) is 3.28. The van der Waals surface area contributed by atoms with Gasteiger partial charge in [-0.1, -0.05) is 0 Å². The smallest absolute Gasteiger partial charge is 0.323 e. The maximum absolute atomic E-state index is 11.7. The minimum atomic E-state index is -0.623. The van der Waals surface area contributed by atoms with E-state index in [4.69, 9.17) is 4.74 Å². The summed E-state index contributed by atoms with van der Waals surface area (Å²) >= 11 is 0. The van der Waals surface area contributed by atoms with Crippen molar-refractivity contribution in [2.45, 2.75) is 18.9 Å². The van der Waals surface area contributed by atoms with Crippen LogP contribution in [0.25, 0.3) is 0 Å². The number of methoxy groups -OCH3 is 3. The number of ether oxygens (including phenoxy) is 3. The van der Waals surface area contributed by atoms with Crippen molar-refractivity contribution in [2.75, 3.05) is 34.4 Å². The van der Waals surface area contributed by atoms with Crippen LogP contribution in [0.4, 0.5) is 0 Å². The Balaban J connectivity index is 2.75. The molecule has 1 aliphatic rings. The summed E-state index contributed by atoms with van der Waals surface area (Å²) < 4.78 is 14.0. The number of carbonyl (C=O) groups is 3. The molecule has 0 aliphatic carbocycles. The van der Waals surface area contributed by atoms with Crippen molar-refractivity contribution in [1.82, 2.24) is 4.90 Å². The Bertz CT molecular complexity index is 356. The lowest BCUT2D eigenvalue weighted by Gasteiger charge is -2.35. The van der Waals surface area contributed by atoms with Crippen LogP contribution in [-0.2, 0) is 28.6 Å². The van der Waals surface area contributed by atoms with E-state index in [9.17, 15) is 14.4 Å². The first-order valence-electron chi connectivity index (χ1n) is 6.00. The summed E-state index contributed by atoms with van der Waals surface area (Å²) in [6, 6.07) is -0.623. The highest BCUT2D eigenvalue weighted by Crippen LogP contribution is 2.24. The molecule has 1 aliphatic heterocycles. The lowest BCUT2D eigenvalue weighted by Crippen LogP contribution is -2.51. The van der Waals surface area contributed by atoms with Gasteiger partial charge in [0.2, 0.25) is 0 Å². The second-order valence-electron chi connectivity index (χ2n) is 4.33. The first kappa shape index (κ1) is 15.4. The number of hydrogen-bond donors (Lipinski definition) is 0. The first-order valence-corrected chi connectivity index (χ1v) is 6.00. The zero-order chi connectivity index (χ0) is 14.4. The molecular weight excluding hydrogens is 254 g/mol. The molecule has 19 heavy (non-hydrogen) atoms. The van der Waals surface area contributed by atoms with Gasteiger partial charge in [-0.15, -0.1) is 0 Å². The van der Waals surface area contributed by atoms with Gasteiger partial charge >= 0.3 is 17.9 Å². The van der Waals surface area contributed by atoms with Crippen molar-refractivity contribution in [3.05, 3.63) is 0 Å². The fourth-order valence-electron chi connectivity index (χ4n) is 2.20. The molecule has 1 rings (SSSR count). The minimum absolute atomic E-state index is 0.00413. The Hall–Kier alpha value is -1.63. The number of rotatable bonds is 4. The summed E-state index contributed by atoms with van der Waals surface area (Å²) in [4.78, 5) is 36.2. The number of hydrogen-bond acceptors (Lipinski definition) is 7. The molecule has 7 heteroatoms. The fourth-order valence-corrected chi connectivity index (χ4v) is 2.20. The van der Waals surface area contributed by atoms with Crippen LogP contribution in [0, 0.1) is 5.92 Å². The molecule has 108 valence electrons. The van der Waals surface area contributed by atoms with Gasteiger partial charge in [-0.05, 0) is 12.8 Å². The van der Waals surface area contributed by atoms with Crippen LogP contribution in [-0.4, -0.2) is 63.3 Å². The Labute approximate surface area is 111 Å². The number of piperidine rings is 1. The number of carbonyl (C=O) groups excluding carboxylic acids is 3. The Morgan fingerprint density at radius 3 is 2.21 bits per heavy atom. The van der Waals surface area contributed by atoms with Gasteiger partial charge in [0.15, 0.2) is 0 Å². The lowest BCUT2D eigenvalue weighted by atomic mass is 9.91. The topological polar surface area (TPSA) is 82.1 Å². The maximum Gasteiger partial charge on any atom is 0.323 e. The van der Waals surface area contributed by atoms with Crippen LogP contribution in [0.3, 0.4) is 0 Å². The van der Waals surface area contributed by atoms with Crippen molar-refractivity contribution in [3.63, 3.8) is 0 Å². The van der Waals surface area contributed by atoms with Crippen molar-refractivity contribution in [3.8, 4) is 0 Å². The summed E-state index contributed by atoms with van der Waals surface area (Å²) in [5.74, 6) is -1.57. The van der Waals surface area contributed by atoms with E-state index < -0.39 is 18.0 Å². The molecule has 1 fully saturated rings. The van der Waals surface area contributed by atoms with Crippen LogP contribution in [0.1, 0.15) is 12.8 Å². The molecule has 0 aromatic rings. The van der Waals surface area contributed by atoms with Crippen molar-refractivity contribution in [1.29, 1.82) is 0 Å². The quantitative estimate of drug-likeness (QED) is 0.508. The fraction of sp³-hybridized carbons (Fsp3) is 0.750. The van der Waals surface area contributed by atoms with Crippen molar-refractivity contribution in [2.24, 2.45) is 5.92 Å². The van der Waals surface area contributed by atoms with E-state index in [1.165, 1.54) is 21.3 Å². The molecule has 2 atom stereocenters. The van der Waals surface area contributed by atoms with Crippen molar-refractivity contribution < 1.29 is 28.6 Å². The predicted octanol–water partition coefficient (Wildman–Crippen LogP) is -0.414. The molecular formula is C12H19NO6. The number of esters is 3. The van der Waals surface area contributed by atoms with Gasteiger partial charge < -0.3 is 14.2 Å². The molecule has 2 unspecified atom stereocenters. The molecule has 0 amide bonds. The van der Waals surface area contributed by atoms with Crippen LogP contribution in [0.2, 0.25) is 0 Å². The van der Waals surface area contributed by atoms with E-state index in [0.717, 1.165) is 0 Å². The van der Waals surface area contributed by atoms with Crippen LogP contribution in [0.5, 0.6) is 0 Å². The van der Waals surface area contributed by atoms with Crippen LogP contribution >= 0.6 is 0 Å². The first-order chi connectivity index (χ1) is 9.03. The molecule has 0 spiro atoms. The molecule has 0 N–H and O–H groups in total. The maximum atomic E-state index is 11.7. The molecule has 0 aromatic heterocycles. The number of likely N-dealkylation sites (tertiary alicyclic amines) is 1. The zero-order valence-electron chi connectivity index (χ0n) is 11.4. The van der Waals surface area contributed by atoms with Gasteiger partial charge in [-0.25, -0.2) is 0 Å². The lowest BCUT2D eigenvalue weighted by molar-refractivity contribution is -0.156. The average molecular weight is 273 g/mol. The third kappa shape index (κ3) is 3.92.